The van der Waals surface area contributed by atoms with Crippen LogP contribution in [0.3, 0.4) is 0 Å². The van der Waals surface area contributed by atoms with Gasteiger partial charge in [-0.15, -0.1) is 0 Å². The Labute approximate surface area is 168 Å². The van der Waals surface area contributed by atoms with Crippen LogP contribution in [0, 0.1) is 13.8 Å². The fraction of sp³-hybridized carbons (Fsp3) is 0.545. The van der Waals surface area contributed by atoms with E-state index in [0.717, 1.165) is 76.4 Å². The molecule has 3 heterocycles. The van der Waals surface area contributed by atoms with Gasteiger partial charge in [0.15, 0.2) is 0 Å². The average molecular weight is 381 g/mol. The Morgan fingerprint density at radius 1 is 0.786 bits per heavy atom. The summed E-state index contributed by atoms with van der Waals surface area (Å²) in [6.45, 7) is 15.9. The Balaban J connectivity index is 1.43. The summed E-state index contributed by atoms with van der Waals surface area (Å²) in [5.41, 5.74) is 3.69. The maximum atomic E-state index is 4.95. The highest BCUT2D eigenvalue weighted by Crippen LogP contribution is 2.22. The lowest BCUT2D eigenvalue weighted by Gasteiger charge is -2.37. The van der Waals surface area contributed by atoms with E-state index in [1.165, 1.54) is 11.3 Å². The van der Waals surface area contributed by atoms with Crippen LogP contribution in [0.15, 0.2) is 30.3 Å². The van der Waals surface area contributed by atoms with Crippen molar-refractivity contribution < 1.29 is 0 Å². The molecule has 0 N–H and O–H groups in total. The van der Waals surface area contributed by atoms with Gasteiger partial charge < -0.3 is 19.6 Å². The highest BCUT2D eigenvalue weighted by Gasteiger charge is 2.22. The van der Waals surface area contributed by atoms with Crippen molar-refractivity contribution in [3.63, 3.8) is 0 Å². The average Bonchev–Trinajstić information content (AvgIpc) is 2.73. The molecule has 2 saturated heterocycles. The first-order valence-electron chi connectivity index (χ1n) is 10.5. The molecule has 6 nitrogen and oxygen atoms in total. The van der Waals surface area contributed by atoms with Crippen LogP contribution in [0.1, 0.15) is 18.2 Å². The van der Waals surface area contributed by atoms with E-state index < -0.39 is 0 Å². The van der Waals surface area contributed by atoms with Gasteiger partial charge in [-0.1, -0.05) is 19.1 Å². The van der Waals surface area contributed by atoms with Gasteiger partial charge in [0.05, 0.1) is 0 Å². The molecule has 0 atom stereocenters. The summed E-state index contributed by atoms with van der Waals surface area (Å²) < 4.78 is 0. The van der Waals surface area contributed by atoms with Gasteiger partial charge in [0.2, 0.25) is 5.95 Å². The Bertz CT molecular complexity index is 791. The van der Waals surface area contributed by atoms with E-state index in [-0.39, 0.29) is 0 Å². The first kappa shape index (κ1) is 19.0. The fourth-order valence-electron chi connectivity index (χ4n) is 4.12. The van der Waals surface area contributed by atoms with Crippen LogP contribution in [0.25, 0.3) is 0 Å². The Morgan fingerprint density at radius 2 is 1.46 bits per heavy atom. The number of benzene rings is 1. The van der Waals surface area contributed by atoms with Gasteiger partial charge in [-0.3, -0.25) is 0 Å². The van der Waals surface area contributed by atoms with Crippen LogP contribution >= 0.6 is 0 Å². The lowest BCUT2D eigenvalue weighted by Crippen LogP contribution is -2.48. The quantitative estimate of drug-likeness (QED) is 0.812. The predicted molar refractivity (Wildman–Crippen MR) is 117 cm³/mol. The third kappa shape index (κ3) is 4.22. The molecule has 2 aliphatic heterocycles. The maximum Gasteiger partial charge on any atom is 0.227 e. The van der Waals surface area contributed by atoms with Gasteiger partial charge in [0.25, 0.3) is 0 Å². The topological polar surface area (TPSA) is 38.7 Å². The Morgan fingerprint density at radius 3 is 2.14 bits per heavy atom. The molecule has 6 heteroatoms. The smallest absolute Gasteiger partial charge is 0.227 e. The highest BCUT2D eigenvalue weighted by atomic mass is 15.3. The second-order valence-electron chi connectivity index (χ2n) is 7.90. The first-order valence-corrected chi connectivity index (χ1v) is 10.5. The molecule has 0 amide bonds. The molecule has 2 fully saturated rings. The minimum absolute atomic E-state index is 0.886. The van der Waals surface area contributed by atoms with Crippen molar-refractivity contribution in [3.05, 3.63) is 41.6 Å². The summed E-state index contributed by atoms with van der Waals surface area (Å²) in [6, 6.07) is 10.9. The molecule has 0 saturated carbocycles. The van der Waals surface area contributed by atoms with Crippen LogP contribution in [-0.2, 0) is 0 Å². The van der Waals surface area contributed by atoms with Crippen molar-refractivity contribution in [2.75, 3.05) is 73.6 Å². The molecular formula is C22H32N6. The molecule has 0 unspecified atom stereocenters. The Kier molecular flexibility index (Phi) is 5.67. The van der Waals surface area contributed by atoms with Gasteiger partial charge in [0.1, 0.15) is 5.82 Å². The predicted octanol–water partition coefficient (Wildman–Crippen LogP) is 2.56. The van der Waals surface area contributed by atoms with Crippen LogP contribution in [0.2, 0.25) is 0 Å². The number of anilines is 3. The summed E-state index contributed by atoms with van der Waals surface area (Å²) in [6.07, 6.45) is 0. The van der Waals surface area contributed by atoms with E-state index in [0.29, 0.717) is 0 Å². The Hall–Kier alpha value is -2.34. The largest absolute Gasteiger partial charge is 0.368 e. The van der Waals surface area contributed by atoms with Crippen molar-refractivity contribution in [2.45, 2.75) is 20.8 Å². The summed E-state index contributed by atoms with van der Waals surface area (Å²) >= 11 is 0. The first-order chi connectivity index (χ1) is 13.6. The summed E-state index contributed by atoms with van der Waals surface area (Å²) in [7, 11) is 0. The van der Waals surface area contributed by atoms with Crippen LogP contribution in [-0.4, -0.2) is 73.8 Å². The molecule has 1 aromatic carbocycles. The van der Waals surface area contributed by atoms with E-state index in [4.69, 9.17) is 9.97 Å². The number of piperazine rings is 2. The number of hydrogen-bond acceptors (Lipinski definition) is 6. The maximum absolute atomic E-state index is 4.95. The van der Waals surface area contributed by atoms with E-state index in [1.54, 1.807) is 0 Å². The van der Waals surface area contributed by atoms with Crippen LogP contribution in [0.4, 0.5) is 17.5 Å². The van der Waals surface area contributed by atoms with E-state index in [1.807, 2.05) is 0 Å². The van der Waals surface area contributed by atoms with E-state index in [2.05, 4.69) is 70.7 Å². The molecule has 0 spiro atoms. The minimum atomic E-state index is 0.886. The molecule has 4 rings (SSSR count). The zero-order valence-corrected chi connectivity index (χ0v) is 17.4. The molecule has 0 bridgehead atoms. The van der Waals surface area contributed by atoms with Crippen molar-refractivity contribution >= 4 is 17.5 Å². The van der Waals surface area contributed by atoms with Gasteiger partial charge in [0, 0.05) is 69.8 Å². The third-order valence-corrected chi connectivity index (χ3v) is 5.90. The monoisotopic (exact) mass is 380 g/mol. The normalized spacial score (nSPS) is 18.6. The van der Waals surface area contributed by atoms with Crippen LogP contribution < -0.4 is 14.7 Å². The number of rotatable bonds is 4. The summed E-state index contributed by atoms with van der Waals surface area (Å²) in [5, 5.41) is 0. The second kappa shape index (κ2) is 8.35. The van der Waals surface area contributed by atoms with Crippen molar-refractivity contribution in [3.8, 4) is 0 Å². The molecule has 2 aliphatic rings. The molecule has 150 valence electrons. The highest BCUT2D eigenvalue weighted by molar-refractivity contribution is 5.51. The zero-order valence-electron chi connectivity index (χ0n) is 17.4. The van der Waals surface area contributed by atoms with Gasteiger partial charge >= 0.3 is 0 Å². The fourth-order valence-corrected chi connectivity index (χ4v) is 4.12. The third-order valence-electron chi connectivity index (χ3n) is 5.90. The van der Waals surface area contributed by atoms with E-state index in [9.17, 15) is 0 Å². The van der Waals surface area contributed by atoms with Gasteiger partial charge in [-0.05, 0) is 38.1 Å². The molecule has 2 aromatic rings. The lowest BCUT2D eigenvalue weighted by molar-refractivity contribution is 0.270. The number of nitrogens with zero attached hydrogens (tertiary/aromatic N) is 6. The second-order valence-corrected chi connectivity index (χ2v) is 7.90. The van der Waals surface area contributed by atoms with Crippen molar-refractivity contribution in [1.29, 1.82) is 0 Å². The minimum Gasteiger partial charge on any atom is -0.368 e. The standard InChI is InChI=1S/C22H32N6/c1-4-25-8-10-27(11-9-25)21-17-19(3)23-22(24-21)28-14-12-26(13-15-28)20-7-5-6-18(2)16-20/h5-7,16-17H,4,8-15H2,1-3H3. The van der Waals surface area contributed by atoms with Crippen molar-refractivity contribution in [1.82, 2.24) is 14.9 Å². The molecular weight excluding hydrogens is 348 g/mol. The molecule has 0 radical (unpaired) electrons. The lowest BCUT2D eigenvalue weighted by atomic mass is 10.2. The molecule has 0 aliphatic carbocycles. The number of likely N-dealkylation sites (N-methyl/N-ethyl adjacent to an activating group) is 1. The summed E-state index contributed by atoms with van der Waals surface area (Å²) in [5.74, 6) is 1.97. The zero-order chi connectivity index (χ0) is 19.5. The van der Waals surface area contributed by atoms with E-state index >= 15 is 0 Å². The van der Waals surface area contributed by atoms with Gasteiger partial charge in [-0.25, -0.2) is 4.98 Å². The summed E-state index contributed by atoms with van der Waals surface area (Å²) in [4.78, 5) is 19.4. The number of aryl methyl sites for hydroxylation is 2. The van der Waals surface area contributed by atoms with Gasteiger partial charge in [-0.2, -0.15) is 4.98 Å². The SMILES string of the molecule is CCN1CCN(c2cc(C)nc(N3CCN(c4cccc(C)c4)CC3)n2)CC1. The number of aromatic nitrogens is 2. The van der Waals surface area contributed by atoms with Crippen LogP contribution in [0.5, 0.6) is 0 Å². The number of hydrogen-bond donors (Lipinski definition) is 0. The molecule has 28 heavy (non-hydrogen) atoms. The molecule has 1 aromatic heterocycles. The van der Waals surface area contributed by atoms with Crippen molar-refractivity contribution in [2.24, 2.45) is 0 Å².